The molecule has 7 heteroatoms. The summed E-state index contributed by atoms with van der Waals surface area (Å²) in [5.74, 6) is 1.71. The first kappa shape index (κ1) is 16.8. The Hall–Kier alpha value is -2.67. The lowest BCUT2D eigenvalue weighted by atomic mass is 10.1. The first-order valence-corrected chi connectivity index (χ1v) is 9.00. The molecule has 2 aromatic heterocycles. The van der Waals surface area contributed by atoms with Crippen molar-refractivity contribution in [1.29, 1.82) is 0 Å². The molecule has 0 saturated carbocycles. The smallest absolute Gasteiger partial charge is 0.132 e. The summed E-state index contributed by atoms with van der Waals surface area (Å²) in [6.07, 6.45) is 2.69. The highest BCUT2D eigenvalue weighted by molar-refractivity contribution is 5.93. The minimum Gasteiger partial charge on any atom is -0.491 e. The molecular formula is C19H24N6O. The lowest BCUT2D eigenvalue weighted by molar-refractivity contribution is 0.243. The molecule has 0 bridgehead atoms. The highest BCUT2D eigenvalue weighted by Crippen LogP contribution is 2.31. The van der Waals surface area contributed by atoms with E-state index in [9.17, 15) is 0 Å². The first-order chi connectivity index (χ1) is 12.5. The maximum Gasteiger partial charge on any atom is 0.132 e. The van der Waals surface area contributed by atoms with Gasteiger partial charge in [-0.2, -0.15) is 5.10 Å². The number of aromatic amines is 1. The normalized spacial score (nSPS) is 20.3. The number of anilines is 1. The number of ether oxygens (including phenoxy) is 1. The van der Waals surface area contributed by atoms with Gasteiger partial charge in [-0.15, -0.1) is 0 Å². The second-order valence-electron chi connectivity index (χ2n) is 7.20. The SMILES string of the molecule is CC(C)Oc1ccc2[nH]nc(-c3cc(N4C[C@H](N)C[C@@H]4C)ncn3)c2c1. The number of hydrogen-bond donors (Lipinski definition) is 2. The lowest BCUT2D eigenvalue weighted by Crippen LogP contribution is -2.29. The summed E-state index contributed by atoms with van der Waals surface area (Å²) in [6, 6.07) is 8.47. The predicted molar refractivity (Wildman–Crippen MR) is 102 cm³/mol. The van der Waals surface area contributed by atoms with Gasteiger partial charge in [-0.3, -0.25) is 5.10 Å². The second-order valence-corrected chi connectivity index (χ2v) is 7.20. The minimum absolute atomic E-state index is 0.120. The molecule has 3 aromatic rings. The predicted octanol–water partition coefficient (Wildman–Crippen LogP) is 2.73. The van der Waals surface area contributed by atoms with Gasteiger partial charge in [-0.05, 0) is 45.4 Å². The van der Waals surface area contributed by atoms with Crippen molar-refractivity contribution in [2.24, 2.45) is 5.73 Å². The van der Waals surface area contributed by atoms with Gasteiger partial charge in [0.2, 0.25) is 0 Å². The van der Waals surface area contributed by atoms with Crippen molar-refractivity contribution in [3.63, 3.8) is 0 Å². The molecule has 0 unspecified atom stereocenters. The van der Waals surface area contributed by atoms with Gasteiger partial charge < -0.3 is 15.4 Å². The zero-order valence-electron chi connectivity index (χ0n) is 15.3. The summed E-state index contributed by atoms with van der Waals surface area (Å²) >= 11 is 0. The highest BCUT2D eigenvalue weighted by atomic mass is 16.5. The summed E-state index contributed by atoms with van der Waals surface area (Å²) in [7, 11) is 0. The van der Waals surface area contributed by atoms with E-state index in [-0.39, 0.29) is 12.1 Å². The lowest BCUT2D eigenvalue weighted by Gasteiger charge is -2.22. The van der Waals surface area contributed by atoms with Crippen molar-refractivity contribution in [3.8, 4) is 17.1 Å². The van der Waals surface area contributed by atoms with E-state index in [1.54, 1.807) is 6.33 Å². The molecule has 1 fully saturated rings. The Bertz CT molecular complexity index is 921. The zero-order chi connectivity index (χ0) is 18.3. The molecule has 1 aromatic carbocycles. The Labute approximate surface area is 152 Å². The Kier molecular flexibility index (Phi) is 4.24. The van der Waals surface area contributed by atoms with Crippen LogP contribution in [0.25, 0.3) is 22.3 Å². The molecule has 1 aliphatic heterocycles. The summed E-state index contributed by atoms with van der Waals surface area (Å²) in [5.41, 5.74) is 8.64. The molecule has 0 spiro atoms. The van der Waals surface area contributed by atoms with E-state index >= 15 is 0 Å². The Morgan fingerprint density at radius 2 is 2.12 bits per heavy atom. The van der Waals surface area contributed by atoms with Gasteiger partial charge in [0.25, 0.3) is 0 Å². The molecule has 4 rings (SSSR count). The van der Waals surface area contributed by atoms with Crippen LogP contribution in [0.5, 0.6) is 5.75 Å². The van der Waals surface area contributed by atoms with Gasteiger partial charge in [0.15, 0.2) is 0 Å². The average Bonchev–Trinajstić information content (AvgIpc) is 3.17. The zero-order valence-corrected chi connectivity index (χ0v) is 15.3. The quantitative estimate of drug-likeness (QED) is 0.750. The molecule has 2 atom stereocenters. The van der Waals surface area contributed by atoms with Crippen molar-refractivity contribution < 1.29 is 4.74 Å². The Morgan fingerprint density at radius 1 is 1.27 bits per heavy atom. The van der Waals surface area contributed by atoms with Gasteiger partial charge >= 0.3 is 0 Å². The van der Waals surface area contributed by atoms with Gasteiger partial charge in [0.05, 0.1) is 17.3 Å². The van der Waals surface area contributed by atoms with Crippen LogP contribution in [-0.4, -0.2) is 44.9 Å². The van der Waals surface area contributed by atoms with E-state index in [4.69, 9.17) is 10.5 Å². The van der Waals surface area contributed by atoms with Gasteiger partial charge in [-0.25, -0.2) is 9.97 Å². The molecule has 26 heavy (non-hydrogen) atoms. The fourth-order valence-electron chi connectivity index (χ4n) is 3.56. The van der Waals surface area contributed by atoms with Crippen molar-refractivity contribution in [2.45, 2.75) is 45.4 Å². The van der Waals surface area contributed by atoms with Crippen LogP contribution in [0.3, 0.4) is 0 Å². The van der Waals surface area contributed by atoms with Crippen molar-refractivity contribution >= 4 is 16.7 Å². The van der Waals surface area contributed by atoms with Crippen LogP contribution >= 0.6 is 0 Å². The van der Waals surface area contributed by atoms with E-state index < -0.39 is 0 Å². The number of fused-ring (bicyclic) bond motifs is 1. The second kappa shape index (κ2) is 6.57. The molecule has 0 radical (unpaired) electrons. The van der Waals surface area contributed by atoms with E-state index in [1.165, 1.54) is 0 Å². The van der Waals surface area contributed by atoms with E-state index in [0.717, 1.165) is 46.8 Å². The molecule has 3 heterocycles. The van der Waals surface area contributed by atoms with Crippen LogP contribution < -0.4 is 15.4 Å². The maximum atomic E-state index is 6.10. The largest absolute Gasteiger partial charge is 0.491 e. The molecule has 136 valence electrons. The van der Waals surface area contributed by atoms with E-state index in [0.29, 0.717) is 6.04 Å². The number of aromatic nitrogens is 4. The van der Waals surface area contributed by atoms with Crippen LogP contribution in [-0.2, 0) is 0 Å². The fraction of sp³-hybridized carbons (Fsp3) is 0.421. The van der Waals surface area contributed by atoms with Crippen LogP contribution in [0.4, 0.5) is 5.82 Å². The summed E-state index contributed by atoms with van der Waals surface area (Å²) < 4.78 is 5.82. The number of nitrogens with two attached hydrogens (primary N) is 1. The number of nitrogens with zero attached hydrogens (tertiary/aromatic N) is 4. The molecule has 0 amide bonds. The highest BCUT2D eigenvalue weighted by Gasteiger charge is 2.28. The van der Waals surface area contributed by atoms with E-state index in [2.05, 4.69) is 32.0 Å². The molecule has 1 saturated heterocycles. The van der Waals surface area contributed by atoms with Crippen LogP contribution in [0.1, 0.15) is 27.2 Å². The molecule has 1 aliphatic rings. The summed E-state index contributed by atoms with van der Waals surface area (Å²) in [6.45, 7) is 7.01. The number of rotatable bonds is 4. The molecule has 3 N–H and O–H groups in total. The average molecular weight is 352 g/mol. The number of nitrogens with one attached hydrogen (secondary N) is 1. The third kappa shape index (κ3) is 3.10. The van der Waals surface area contributed by atoms with Crippen LogP contribution in [0.15, 0.2) is 30.6 Å². The Balaban J connectivity index is 1.72. The van der Waals surface area contributed by atoms with Crippen molar-refractivity contribution in [3.05, 3.63) is 30.6 Å². The van der Waals surface area contributed by atoms with Crippen LogP contribution in [0, 0.1) is 0 Å². The molecule has 0 aliphatic carbocycles. The number of hydrogen-bond acceptors (Lipinski definition) is 6. The third-order valence-corrected chi connectivity index (χ3v) is 4.70. The van der Waals surface area contributed by atoms with Crippen LogP contribution in [0.2, 0.25) is 0 Å². The standard InChI is InChI=1S/C19H24N6O/c1-11(2)26-14-4-5-16-15(7-14)19(24-23-16)17-8-18(22-10-21-17)25-9-13(20)6-12(25)3/h4-5,7-8,10-13H,6,9,20H2,1-3H3,(H,23,24)/t12-,13+/m0/s1. The maximum absolute atomic E-state index is 6.10. The minimum atomic E-state index is 0.120. The third-order valence-electron chi connectivity index (χ3n) is 4.70. The van der Waals surface area contributed by atoms with Gasteiger partial charge in [0, 0.05) is 30.1 Å². The first-order valence-electron chi connectivity index (χ1n) is 9.00. The number of benzene rings is 1. The number of H-pyrrole nitrogens is 1. The topological polar surface area (TPSA) is 93.0 Å². The van der Waals surface area contributed by atoms with E-state index in [1.807, 2.05) is 38.1 Å². The monoisotopic (exact) mass is 352 g/mol. The van der Waals surface area contributed by atoms with Crippen molar-refractivity contribution in [2.75, 3.05) is 11.4 Å². The molecular weight excluding hydrogens is 328 g/mol. The van der Waals surface area contributed by atoms with Gasteiger partial charge in [-0.1, -0.05) is 0 Å². The fourth-order valence-corrected chi connectivity index (χ4v) is 3.56. The van der Waals surface area contributed by atoms with Crippen molar-refractivity contribution in [1.82, 2.24) is 20.2 Å². The Morgan fingerprint density at radius 3 is 2.85 bits per heavy atom. The molecule has 7 nitrogen and oxygen atoms in total. The summed E-state index contributed by atoms with van der Waals surface area (Å²) in [5, 5.41) is 8.53. The summed E-state index contributed by atoms with van der Waals surface area (Å²) in [4.78, 5) is 11.1. The van der Waals surface area contributed by atoms with Gasteiger partial charge in [0.1, 0.15) is 23.6 Å².